The number of methoxy groups -OCH3 is 2. The number of nitrogens with zero attached hydrogens (tertiary/aromatic N) is 2. The number of fused-ring (bicyclic) bond motifs is 3. The van der Waals surface area contributed by atoms with E-state index in [9.17, 15) is 13.2 Å². The van der Waals surface area contributed by atoms with Gasteiger partial charge in [-0.05, 0) is 67.1 Å². The Bertz CT molecular complexity index is 1910. The number of sulfonamides is 1. The van der Waals surface area contributed by atoms with Gasteiger partial charge < -0.3 is 18.9 Å². The Kier molecular flexibility index (Phi) is 8.99. The quantitative estimate of drug-likeness (QED) is 0.270. The molecule has 1 N–H and O–H groups in total. The van der Waals surface area contributed by atoms with Crippen molar-refractivity contribution in [3.8, 4) is 29.1 Å². The highest BCUT2D eigenvalue weighted by Gasteiger charge is 2.37. The molecule has 7 rings (SSSR count). The maximum absolute atomic E-state index is 13.4. The smallest absolute Gasteiger partial charge is 0.264 e. The monoisotopic (exact) mass is 641 g/mol. The number of carbonyl (C=O) groups excluding carboxylic acids is 1. The summed E-state index contributed by atoms with van der Waals surface area (Å²) in [6, 6.07) is 20.0. The molecule has 2 atom stereocenters. The van der Waals surface area contributed by atoms with Crippen LogP contribution in [0.2, 0.25) is 0 Å². The van der Waals surface area contributed by atoms with Crippen molar-refractivity contribution >= 4 is 26.8 Å². The minimum Gasteiger partial charge on any atom is -0.493 e. The van der Waals surface area contributed by atoms with Crippen LogP contribution < -0.4 is 23.7 Å². The molecule has 10 nitrogen and oxygen atoms in total. The minimum absolute atomic E-state index is 0.0357. The summed E-state index contributed by atoms with van der Waals surface area (Å²) in [5, 5.41) is 9.43. The lowest BCUT2D eigenvalue weighted by molar-refractivity contribution is -0.121. The number of pyridine rings is 1. The van der Waals surface area contributed by atoms with E-state index in [0.717, 1.165) is 48.1 Å². The van der Waals surface area contributed by atoms with Crippen molar-refractivity contribution in [2.24, 2.45) is 0 Å². The van der Waals surface area contributed by atoms with Crippen LogP contribution in [0.3, 0.4) is 0 Å². The number of nitrogens with one attached hydrogen (secondary N) is 1. The molecule has 46 heavy (non-hydrogen) atoms. The summed E-state index contributed by atoms with van der Waals surface area (Å²) in [7, 11) is -0.924. The molecule has 11 heteroatoms. The predicted octanol–water partition coefficient (Wildman–Crippen LogP) is 5.97. The van der Waals surface area contributed by atoms with Crippen LogP contribution >= 0.6 is 0 Å². The third-order valence-corrected chi connectivity index (χ3v) is 10.2. The molecule has 3 aliphatic rings. The molecule has 2 aliphatic heterocycles. The molecule has 0 bridgehead atoms. The van der Waals surface area contributed by atoms with Crippen molar-refractivity contribution in [3.05, 3.63) is 83.6 Å². The van der Waals surface area contributed by atoms with Gasteiger partial charge in [0.1, 0.15) is 0 Å². The van der Waals surface area contributed by atoms with Gasteiger partial charge in [-0.1, -0.05) is 30.7 Å². The van der Waals surface area contributed by atoms with Gasteiger partial charge in [0, 0.05) is 29.1 Å². The van der Waals surface area contributed by atoms with Crippen LogP contribution in [0.1, 0.15) is 66.5 Å². The zero-order valence-electron chi connectivity index (χ0n) is 25.7. The highest BCUT2D eigenvalue weighted by Crippen LogP contribution is 2.49. The molecule has 1 fully saturated rings. The maximum atomic E-state index is 13.4. The number of aromatic nitrogens is 1. The average Bonchev–Trinajstić information content (AvgIpc) is 3.06. The fourth-order valence-electron chi connectivity index (χ4n) is 6.28. The van der Waals surface area contributed by atoms with Gasteiger partial charge in [0.05, 0.1) is 55.8 Å². The number of carbonyl (C=O) groups is 1. The van der Waals surface area contributed by atoms with E-state index in [1.807, 2.05) is 30.3 Å². The summed E-state index contributed by atoms with van der Waals surface area (Å²) in [6.07, 6.45) is 6.01. The van der Waals surface area contributed by atoms with Crippen LogP contribution in [-0.2, 0) is 14.8 Å². The van der Waals surface area contributed by atoms with Gasteiger partial charge >= 0.3 is 0 Å². The normalized spacial score (nSPS) is 18.5. The lowest BCUT2D eigenvalue weighted by Crippen LogP contribution is -2.37. The number of ether oxygens (including phenoxy) is 4. The fourth-order valence-corrected chi connectivity index (χ4v) is 7.52. The second-order valence-electron chi connectivity index (χ2n) is 11.4. The summed E-state index contributed by atoms with van der Waals surface area (Å²) < 4.78 is 50.8. The van der Waals surface area contributed by atoms with Crippen LogP contribution in [0.4, 0.5) is 0 Å². The topological polar surface area (TPSA) is 137 Å². The van der Waals surface area contributed by atoms with Crippen molar-refractivity contribution in [2.45, 2.75) is 54.8 Å². The lowest BCUT2D eigenvalue weighted by atomic mass is 9.74. The number of nitriles is 1. The molecule has 1 aromatic heterocycles. The first-order valence-corrected chi connectivity index (χ1v) is 16.8. The third kappa shape index (κ3) is 5.93. The molecule has 0 saturated heterocycles. The number of hydrogen-bond acceptors (Lipinski definition) is 9. The van der Waals surface area contributed by atoms with E-state index in [2.05, 4.69) is 15.8 Å². The summed E-state index contributed by atoms with van der Waals surface area (Å²) in [6.45, 7) is 0.902. The van der Waals surface area contributed by atoms with Crippen molar-refractivity contribution in [1.29, 1.82) is 5.26 Å². The van der Waals surface area contributed by atoms with Crippen LogP contribution in [0.5, 0.6) is 23.0 Å². The first-order chi connectivity index (χ1) is 22.4. The van der Waals surface area contributed by atoms with Gasteiger partial charge in [-0.2, -0.15) is 5.26 Å². The minimum atomic E-state index is -4.09. The van der Waals surface area contributed by atoms with Gasteiger partial charge in [0.25, 0.3) is 10.0 Å². The number of amides is 1. The Labute approximate surface area is 268 Å². The Morgan fingerprint density at radius 2 is 1.63 bits per heavy atom. The summed E-state index contributed by atoms with van der Waals surface area (Å²) in [4.78, 5) is 17.6. The first kappa shape index (κ1) is 31.2. The van der Waals surface area contributed by atoms with Crippen molar-refractivity contribution in [2.75, 3.05) is 27.4 Å². The number of rotatable bonds is 6. The molecular weight excluding hydrogens is 606 g/mol. The van der Waals surface area contributed by atoms with Crippen molar-refractivity contribution in [1.82, 2.24) is 9.71 Å². The highest BCUT2D eigenvalue weighted by atomic mass is 32.2. The van der Waals surface area contributed by atoms with Gasteiger partial charge in [0.15, 0.2) is 23.0 Å². The maximum Gasteiger partial charge on any atom is 0.264 e. The molecule has 1 saturated carbocycles. The molecule has 4 aromatic rings. The summed E-state index contributed by atoms with van der Waals surface area (Å²) in [5.41, 5.74) is 3.31. The summed E-state index contributed by atoms with van der Waals surface area (Å²) in [5.74, 6) is 1.66. The molecule has 0 unspecified atom stereocenters. The highest BCUT2D eigenvalue weighted by molar-refractivity contribution is 7.90. The van der Waals surface area contributed by atoms with E-state index in [-0.39, 0.29) is 10.8 Å². The van der Waals surface area contributed by atoms with Gasteiger partial charge in [-0.25, -0.2) is 13.1 Å². The van der Waals surface area contributed by atoms with Crippen LogP contribution in [-0.4, -0.2) is 46.7 Å². The molecule has 238 valence electrons. The Morgan fingerprint density at radius 3 is 2.37 bits per heavy atom. The van der Waals surface area contributed by atoms with E-state index < -0.39 is 21.8 Å². The first-order valence-electron chi connectivity index (χ1n) is 15.3. The van der Waals surface area contributed by atoms with Crippen LogP contribution in [0.15, 0.2) is 71.8 Å². The van der Waals surface area contributed by atoms with Crippen LogP contribution in [0.25, 0.3) is 10.9 Å². The number of para-hydroxylation sites is 1. The Balaban J connectivity index is 0.000000221. The lowest BCUT2D eigenvalue weighted by Gasteiger charge is -2.34. The van der Waals surface area contributed by atoms with E-state index in [4.69, 9.17) is 24.2 Å². The third-order valence-electron chi connectivity index (χ3n) is 8.82. The predicted molar refractivity (Wildman–Crippen MR) is 171 cm³/mol. The number of hydrogen-bond donors (Lipinski definition) is 1. The molecular formula is C35H35N3O7S. The molecule has 1 amide bonds. The molecule has 3 heterocycles. The van der Waals surface area contributed by atoms with E-state index in [1.165, 1.54) is 6.07 Å². The summed E-state index contributed by atoms with van der Waals surface area (Å²) >= 11 is 0. The molecule has 1 aliphatic carbocycles. The zero-order valence-corrected chi connectivity index (χ0v) is 26.5. The van der Waals surface area contributed by atoms with Gasteiger partial charge in [0.2, 0.25) is 5.91 Å². The number of benzene rings is 3. The second-order valence-corrected chi connectivity index (χ2v) is 13.1. The second kappa shape index (κ2) is 13.3. The zero-order chi connectivity index (χ0) is 32.3. The molecule has 0 spiro atoms. The fraction of sp³-hybridized carbons (Fsp3) is 0.343. The van der Waals surface area contributed by atoms with Gasteiger partial charge in [-0.15, -0.1) is 0 Å². The SMILES string of the molecule is COc1ccc(C2CCC2)c2c1OCC[C@@H]2C(=O)NS(=O)(=O)c1cccc2ncccc12.COc1cccc2c1OCC[C@@H]2C#N. The standard InChI is InChI=1S/C24H24N2O5S.C11H11NO2/c1-30-20-11-10-16(15-5-2-6-15)22-18(12-14-31-23(20)22)24(27)26-32(28,29)21-9-3-8-19-17(21)7-4-13-25-19;1-13-10-4-2-3-9-8(7-12)5-6-14-11(9)10/h3-4,7-11,13,15,18H,2,5-6,12,14H2,1H3,(H,26,27);2-4,8H,5-6H2,1H3/t18-;8-/m01/s1. The molecule has 0 radical (unpaired) electrons. The van der Waals surface area contributed by atoms with E-state index in [0.29, 0.717) is 53.7 Å². The largest absolute Gasteiger partial charge is 0.493 e. The Hall–Kier alpha value is -4.82. The van der Waals surface area contributed by atoms with Gasteiger partial charge in [-0.3, -0.25) is 9.78 Å². The van der Waals surface area contributed by atoms with Crippen molar-refractivity contribution in [3.63, 3.8) is 0 Å². The average molecular weight is 642 g/mol. The van der Waals surface area contributed by atoms with E-state index >= 15 is 0 Å². The van der Waals surface area contributed by atoms with Crippen LogP contribution in [0, 0.1) is 11.3 Å². The van der Waals surface area contributed by atoms with Crippen molar-refractivity contribution < 1.29 is 32.2 Å². The Morgan fingerprint density at radius 1 is 0.891 bits per heavy atom. The molecule has 3 aromatic carbocycles. The van der Waals surface area contributed by atoms with E-state index in [1.54, 1.807) is 44.7 Å².